The maximum atomic E-state index is 12.0. The number of allylic oxidation sites excluding steroid dienone is 4. The Morgan fingerprint density at radius 1 is 1.35 bits per heavy atom. The molecule has 2 aromatic rings. The van der Waals surface area contributed by atoms with Crippen LogP contribution in [-0.2, 0) is 0 Å². The molecule has 0 radical (unpaired) electrons. The van der Waals surface area contributed by atoms with E-state index in [1.165, 1.54) is 0 Å². The minimum Gasteiger partial charge on any atom is -0.288 e. The summed E-state index contributed by atoms with van der Waals surface area (Å²) in [7, 11) is 0. The lowest BCUT2D eigenvalue weighted by Gasteiger charge is -2.08. The maximum absolute atomic E-state index is 12.0. The molecule has 0 aliphatic heterocycles. The number of nitrogens with one attached hydrogen (secondary N) is 1. The Labute approximate surface area is 118 Å². The van der Waals surface area contributed by atoms with Gasteiger partial charge in [-0.25, -0.2) is 0 Å². The first kappa shape index (κ1) is 14.1. The van der Waals surface area contributed by atoms with E-state index in [0.717, 1.165) is 28.2 Å². The number of aryl methyl sites for hydroxylation is 2. The van der Waals surface area contributed by atoms with Crippen molar-refractivity contribution in [3.63, 3.8) is 0 Å². The number of H-pyrrole nitrogens is 1. The van der Waals surface area contributed by atoms with Gasteiger partial charge in [0.15, 0.2) is 0 Å². The van der Waals surface area contributed by atoms with E-state index >= 15 is 0 Å². The lowest BCUT2D eigenvalue weighted by Crippen LogP contribution is -2.16. The lowest BCUT2D eigenvalue weighted by molar-refractivity contribution is 1.01. The van der Waals surface area contributed by atoms with Gasteiger partial charge >= 0.3 is 0 Å². The first-order valence-electron chi connectivity index (χ1n) is 6.59. The van der Waals surface area contributed by atoms with Crippen molar-refractivity contribution in [2.24, 2.45) is 0 Å². The van der Waals surface area contributed by atoms with Crippen LogP contribution in [0.3, 0.4) is 0 Å². The van der Waals surface area contributed by atoms with Crippen molar-refractivity contribution in [3.05, 3.63) is 58.3 Å². The summed E-state index contributed by atoms with van der Waals surface area (Å²) < 4.78 is 1.65. The van der Waals surface area contributed by atoms with Crippen molar-refractivity contribution in [2.75, 3.05) is 0 Å². The summed E-state index contributed by atoms with van der Waals surface area (Å²) in [4.78, 5) is 12.0. The van der Waals surface area contributed by atoms with Crippen molar-refractivity contribution in [2.45, 2.75) is 27.7 Å². The fourth-order valence-electron chi connectivity index (χ4n) is 2.20. The van der Waals surface area contributed by atoms with Crippen LogP contribution in [0.25, 0.3) is 16.8 Å². The fourth-order valence-corrected chi connectivity index (χ4v) is 2.20. The quantitative estimate of drug-likeness (QED) is 0.869. The molecule has 1 N–H and O–H groups in total. The van der Waals surface area contributed by atoms with Crippen LogP contribution in [0.15, 0.2) is 41.4 Å². The largest absolute Gasteiger partial charge is 0.288 e. The molecule has 20 heavy (non-hydrogen) atoms. The van der Waals surface area contributed by atoms with E-state index in [1.807, 2.05) is 58.2 Å². The van der Waals surface area contributed by atoms with E-state index < -0.39 is 0 Å². The molecule has 0 fully saturated rings. The molecule has 2 aromatic heterocycles. The highest BCUT2D eigenvalue weighted by atomic mass is 16.1. The van der Waals surface area contributed by atoms with Crippen LogP contribution in [0.2, 0.25) is 0 Å². The van der Waals surface area contributed by atoms with Crippen LogP contribution in [0.5, 0.6) is 0 Å². The van der Waals surface area contributed by atoms with Gasteiger partial charge in [-0.3, -0.25) is 14.5 Å². The standard InChI is InChI=1S/C16H19N3O/c1-5-6-7-11(2)19-10-14(8-9-15(19)20)16-12(3)17-18-13(16)4/h5-10H,1-4H3,(H,17,18)/b6-5-,11-7+. The van der Waals surface area contributed by atoms with Gasteiger partial charge in [-0.05, 0) is 39.8 Å². The number of hydrogen-bond donors (Lipinski definition) is 1. The summed E-state index contributed by atoms with van der Waals surface area (Å²) in [6, 6.07) is 3.43. The molecule has 0 saturated carbocycles. The number of nitrogens with zero attached hydrogens (tertiary/aromatic N) is 2. The molecular weight excluding hydrogens is 250 g/mol. The molecule has 4 heteroatoms. The smallest absolute Gasteiger partial charge is 0.254 e. The molecule has 0 aromatic carbocycles. The second-order valence-corrected chi connectivity index (χ2v) is 4.77. The molecule has 104 valence electrons. The van der Waals surface area contributed by atoms with Crippen molar-refractivity contribution in [1.82, 2.24) is 14.8 Å². The monoisotopic (exact) mass is 269 g/mol. The maximum Gasteiger partial charge on any atom is 0.254 e. The topological polar surface area (TPSA) is 50.7 Å². The molecule has 0 spiro atoms. The fraction of sp³-hybridized carbons (Fsp3) is 0.250. The van der Waals surface area contributed by atoms with Crippen molar-refractivity contribution >= 4 is 5.70 Å². The highest BCUT2D eigenvalue weighted by Gasteiger charge is 2.10. The summed E-state index contributed by atoms with van der Waals surface area (Å²) in [5.41, 5.74) is 4.82. The first-order valence-corrected chi connectivity index (χ1v) is 6.59. The van der Waals surface area contributed by atoms with Crippen molar-refractivity contribution in [1.29, 1.82) is 0 Å². The molecule has 0 amide bonds. The number of pyridine rings is 1. The van der Waals surface area contributed by atoms with Crippen molar-refractivity contribution in [3.8, 4) is 11.1 Å². The zero-order chi connectivity index (χ0) is 14.7. The summed E-state index contributed by atoms with van der Waals surface area (Å²) in [6.45, 7) is 7.80. The number of aromatic amines is 1. The van der Waals surface area contributed by atoms with Crippen LogP contribution in [0, 0.1) is 13.8 Å². The average Bonchev–Trinajstić information content (AvgIpc) is 2.76. The predicted octanol–water partition coefficient (Wildman–Crippen LogP) is 3.29. The molecular formula is C16H19N3O. The molecule has 0 aliphatic rings. The van der Waals surface area contributed by atoms with Crippen LogP contribution in [-0.4, -0.2) is 14.8 Å². The Morgan fingerprint density at radius 2 is 2.10 bits per heavy atom. The van der Waals surface area contributed by atoms with Gasteiger partial charge in [-0.2, -0.15) is 5.10 Å². The number of aromatic nitrogens is 3. The summed E-state index contributed by atoms with van der Waals surface area (Å²) >= 11 is 0. The average molecular weight is 269 g/mol. The Kier molecular flexibility index (Phi) is 4.03. The van der Waals surface area contributed by atoms with Crippen LogP contribution in [0.4, 0.5) is 0 Å². The predicted molar refractivity (Wildman–Crippen MR) is 82.5 cm³/mol. The molecule has 0 atom stereocenters. The molecule has 0 saturated heterocycles. The second kappa shape index (κ2) is 5.74. The molecule has 0 aliphatic carbocycles. The highest BCUT2D eigenvalue weighted by Crippen LogP contribution is 2.24. The third kappa shape index (κ3) is 2.64. The third-order valence-electron chi connectivity index (χ3n) is 3.24. The van der Waals surface area contributed by atoms with E-state index in [4.69, 9.17) is 0 Å². The van der Waals surface area contributed by atoms with Gasteiger partial charge < -0.3 is 0 Å². The minimum atomic E-state index is -0.0363. The summed E-state index contributed by atoms with van der Waals surface area (Å²) in [6.07, 6.45) is 7.63. The van der Waals surface area contributed by atoms with Crippen LogP contribution < -0.4 is 5.56 Å². The van der Waals surface area contributed by atoms with Gasteiger partial charge in [0.05, 0.1) is 5.69 Å². The van der Waals surface area contributed by atoms with E-state index in [9.17, 15) is 4.79 Å². The first-order chi connectivity index (χ1) is 9.54. The van der Waals surface area contributed by atoms with Crippen LogP contribution >= 0.6 is 0 Å². The number of rotatable bonds is 3. The van der Waals surface area contributed by atoms with Gasteiger partial charge in [0.25, 0.3) is 5.56 Å². The Morgan fingerprint density at radius 3 is 2.70 bits per heavy atom. The lowest BCUT2D eigenvalue weighted by atomic mass is 10.1. The van der Waals surface area contributed by atoms with E-state index in [2.05, 4.69) is 10.2 Å². The van der Waals surface area contributed by atoms with Crippen LogP contribution in [0.1, 0.15) is 25.2 Å². The SMILES string of the molecule is C/C=C\C=C(/C)n1cc(-c2c(C)n[nH]c2C)ccc1=O. The van der Waals surface area contributed by atoms with Gasteiger partial charge in [0, 0.05) is 34.8 Å². The van der Waals surface area contributed by atoms with Gasteiger partial charge in [-0.15, -0.1) is 0 Å². The zero-order valence-electron chi connectivity index (χ0n) is 12.3. The second-order valence-electron chi connectivity index (χ2n) is 4.77. The van der Waals surface area contributed by atoms with Gasteiger partial charge in [-0.1, -0.05) is 12.2 Å². The van der Waals surface area contributed by atoms with Gasteiger partial charge in [0.2, 0.25) is 0 Å². The number of hydrogen-bond acceptors (Lipinski definition) is 2. The Bertz CT molecular complexity index is 713. The molecule has 4 nitrogen and oxygen atoms in total. The van der Waals surface area contributed by atoms with E-state index in [-0.39, 0.29) is 5.56 Å². The molecule has 0 bridgehead atoms. The normalized spacial score (nSPS) is 12.3. The Balaban J connectivity index is 2.58. The zero-order valence-corrected chi connectivity index (χ0v) is 12.3. The Hall–Kier alpha value is -2.36. The molecule has 2 rings (SSSR count). The third-order valence-corrected chi connectivity index (χ3v) is 3.24. The van der Waals surface area contributed by atoms with E-state index in [1.54, 1.807) is 10.6 Å². The molecule has 2 heterocycles. The summed E-state index contributed by atoms with van der Waals surface area (Å²) in [5, 5.41) is 7.17. The van der Waals surface area contributed by atoms with Crippen molar-refractivity contribution < 1.29 is 0 Å². The van der Waals surface area contributed by atoms with Gasteiger partial charge in [0.1, 0.15) is 0 Å². The minimum absolute atomic E-state index is 0.0363. The van der Waals surface area contributed by atoms with E-state index in [0.29, 0.717) is 0 Å². The molecule has 0 unspecified atom stereocenters. The highest BCUT2D eigenvalue weighted by molar-refractivity contribution is 5.68. The summed E-state index contributed by atoms with van der Waals surface area (Å²) in [5.74, 6) is 0.